The van der Waals surface area contributed by atoms with E-state index in [1.165, 1.54) is 54.0 Å². The summed E-state index contributed by atoms with van der Waals surface area (Å²) in [5, 5.41) is 22.9. The number of thiol groups is 2. The second-order valence-electron chi connectivity index (χ2n) is 14.5. The number of aromatic nitrogens is 8. The van der Waals surface area contributed by atoms with E-state index >= 15 is 0 Å². The number of ether oxygens (including phenoxy) is 3. The number of nitrogens with one attached hydrogen (secondary N) is 2. The third-order valence-corrected chi connectivity index (χ3v) is 12.3. The molecule has 336 valence electrons. The van der Waals surface area contributed by atoms with E-state index in [0.29, 0.717) is 6.42 Å². The van der Waals surface area contributed by atoms with Gasteiger partial charge < -0.3 is 44.9 Å². The van der Waals surface area contributed by atoms with Gasteiger partial charge >= 0.3 is 12.8 Å². The van der Waals surface area contributed by atoms with Crippen LogP contribution in [0.25, 0.3) is 22.3 Å². The molecule has 0 radical (unpaired) electrons. The zero-order valence-corrected chi connectivity index (χ0v) is 36.7. The minimum atomic E-state index is -4.60. The lowest BCUT2D eigenvalue weighted by atomic mass is 10.1. The predicted molar refractivity (Wildman–Crippen MR) is 227 cm³/mol. The first-order valence-electron chi connectivity index (χ1n) is 19.7. The van der Waals surface area contributed by atoms with Crippen LogP contribution in [0.1, 0.15) is 96.4 Å². The number of nitrogen functional groups attached to an aromatic ring is 2. The fourth-order valence-electron chi connectivity index (χ4n) is 7.10. The van der Waals surface area contributed by atoms with Crippen molar-refractivity contribution in [2.45, 2.75) is 127 Å². The molecule has 6 unspecified atom stereocenters. The summed E-state index contributed by atoms with van der Waals surface area (Å²) in [5.41, 5.74) is 9.84. The Morgan fingerprint density at radius 1 is 0.918 bits per heavy atom. The molecule has 0 spiro atoms. The molecule has 0 aliphatic carbocycles. The van der Waals surface area contributed by atoms with Crippen LogP contribution in [0.3, 0.4) is 0 Å². The number of carbonyl (C=O) groups is 1. The van der Waals surface area contributed by atoms with Gasteiger partial charge in [-0.25, -0.2) is 14.5 Å². The van der Waals surface area contributed by atoms with Crippen molar-refractivity contribution in [3.8, 4) is 0 Å². The van der Waals surface area contributed by atoms with Crippen LogP contribution < -0.4 is 22.6 Å². The summed E-state index contributed by atoms with van der Waals surface area (Å²) in [4.78, 5) is 59.0. The number of nitrogens with two attached hydrogens (primary N) is 2. The number of rotatable bonds is 22. The molecule has 4 aromatic rings. The van der Waals surface area contributed by atoms with Gasteiger partial charge in [0.05, 0.1) is 12.9 Å². The molecule has 2 aliphatic heterocycles. The molecular weight excluding hydrogens is 883 g/mol. The summed E-state index contributed by atoms with van der Waals surface area (Å²) in [6, 6.07) is 0. The molecule has 61 heavy (non-hydrogen) atoms. The lowest BCUT2D eigenvalue weighted by molar-refractivity contribution is -0.158. The van der Waals surface area contributed by atoms with Gasteiger partial charge in [-0.15, -0.1) is 0 Å². The number of imidazole rings is 2. The van der Waals surface area contributed by atoms with Gasteiger partial charge in [0.25, 0.3) is 11.1 Å². The standard InChI is InChI=1S/C34H50N10O13P2S2/c1-2-3-4-5-6-7-8-9-10-11-12-13-20(45)56-26-23(46)18(54-32(26)44-17-38-22-28(44)40-34(36)42-30(22)49)15-53-59(51,61)57-25-19(14-52-58(50)60)55-31(24(25)47)43-16-37-21-27(43)39-33(35)41-29(21)48/h15-17,19,23-26,31-32,46-47,58H,2-14H2,1H3,(H,50,60)(H,51,61)(H3,35,39,41,48)(H3,36,40,42,49)/b18-15+/t19-,23+,24?,25+,26?,31?,32?,59?/m1/s1. The minimum Gasteiger partial charge on any atom is -0.464 e. The Balaban J connectivity index is 1.15. The molecule has 2 fully saturated rings. The Morgan fingerprint density at radius 2 is 1.46 bits per heavy atom. The summed E-state index contributed by atoms with van der Waals surface area (Å²) >= 11 is 7.83. The molecule has 2 aliphatic rings. The third-order valence-electron chi connectivity index (χ3n) is 10.1. The molecule has 0 amide bonds. The maximum Gasteiger partial charge on any atom is 0.437 e. The number of hydrogen-bond acceptors (Lipinski definition) is 19. The molecular formula is C34H50N10O13P2S2. The quantitative estimate of drug-likeness (QED) is 0.0183. The Bertz CT molecular complexity index is 2380. The normalized spacial score (nSPS) is 24.9. The van der Waals surface area contributed by atoms with Crippen LogP contribution in [0.15, 0.2) is 34.3 Å². The fraction of sp³-hybridized carbons (Fsp3) is 0.618. The average molecular weight is 933 g/mol. The van der Waals surface area contributed by atoms with Gasteiger partial charge in [0.1, 0.15) is 30.9 Å². The summed E-state index contributed by atoms with van der Waals surface area (Å²) in [5.74, 6) is -1.52. The largest absolute Gasteiger partial charge is 0.464 e. The first kappa shape index (κ1) is 46.6. The lowest BCUT2D eigenvalue weighted by Crippen LogP contribution is -2.35. The number of hydrogen-bond donors (Lipinski definition) is 8. The molecule has 0 bridgehead atoms. The SMILES string of the molecule is CCCCCCCCCCCCCC(=O)OC1C(n2cnc3c(=O)[nH]c(N)nc32)O/C(=C/OP(=O)(S)O[C@@H]2C(O)C(n3cnc4c(=O)[nH]c(N)nc43)O[C@@H]2CO[PH](=O)S)[C@@H]1O. The maximum atomic E-state index is 13.8. The summed E-state index contributed by atoms with van der Waals surface area (Å²) < 4.78 is 61.8. The molecule has 9 atom stereocenters. The highest BCUT2D eigenvalue weighted by Crippen LogP contribution is 2.57. The lowest BCUT2D eigenvalue weighted by Gasteiger charge is -2.23. The van der Waals surface area contributed by atoms with Gasteiger partial charge in [-0.3, -0.25) is 42.6 Å². The number of fused-ring (bicyclic) bond motifs is 2. The monoisotopic (exact) mass is 932 g/mol. The van der Waals surface area contributed by atoms with Crippen molar-refractivity contribution in [3.05, 3.63) is 45.4 Å². The maximum absolute atomic E-state index is 13.8. The van der Waals surface area contributed by atoms with E-state index in [1.807, 2.05) is 0 Å². The van der Waals surface area contributed by atoms with E-state index in [4.69, 9.17) is 39.2 Å². The summed E-state index contributed by atoms with van der Waals surface area (Å²) in [6.07, 6.45) is 4.58. The Morgan fingerprint density at radius 3 is 2.02 bits per heavy atom. The van der Waals surface area contributed by atoms with Crippen molar-refractivity contribution in [1.29, 1.82) is 0 Å². The Labute approximate surface area is 359 Å². The number of nitrogens with zero attached hydrogens (tertiary/aromatic N) is 6. The van der Waals surface area contributed by atoms with Crippen molar-refractivity contribution in [2.75, 3.05) is 18.1 Å². The van der Waals surface area contributed by atoms with Crippen LogP contribution in [-0.4, -0.2) is 92.3 Å². The number of aliphatic hydroxyl groups is 2. The number of aromatic amines is 2. The van der Waals surface area contributed by atoms with Crippen LogP contribution in [0.2, 0.25) is 0 Å². The molecule has 2 saturated heterocycles. The van der Waals surface area contributed by atoms with E-state index in [9.17, 15) is 33.7 Å². The minimum absolute atomic E-state index is 0.0480. The number of esters is 1. The number of aliphatic hydroxyl groups excluding tert-OH is 2. The molecule has 0 saturated carbocycles. The van der Waals surface area contributed by atoms with Crippen molar-refractivity contribution in [2.24, 2.45) is 0 Å². The number of anilines is 2. The van der Waals surface area contributed by atoms with Crippen LogP contribution in [0.5, 0.6) is 0 Å². The molecule has 23 nitrogen and oxygen atoms in total. The zero-order valence-electron chi connectivity index (χ0n) is 33.0. The molecule has 6 rings (SSSR count). The van der Waals surface area contributed by atoms with Crippen molar-refractivity contribution < 1.29 is 51.9 Å². The van der Waals surface area contributed by atoms with Crippen LogP contribution in [0, 0.1) is 0 Å². The second kappa shape index (κ2) is 21.0. The Kier molecular flexibility index (Phi) is 16.0. The van der Waals surface area contributed by atoms with Gasteiger partial charge in [-0.05, 0) is 18.7 Å². The van der Waals surface area contributed by atoms with Crippen LogP contribution in [-0.2, 0) is 41.7 Å². The zero-order chi connectivity index (χ0) is 43.8. The topological polar surface area (TPSA) is 326 Å². The van der Waals surface area contributed by atoms with Crippen molar-refractivity contribution in [1.82, 2.24) is 39.0 Å². The predicted octanol–water partition coefficient (Wildman–Crippen LogP) is 3.80. The summed E-state index contributed by atoms with van der Waals surface area (Å²) in [6.45, 7) is -2.88. The highest BCUT2D eigenvalue weighted by molar-refractivity contribution is 8.44. The van der Waals surface area contributed by atoms with Gasteiger partial charge in [0.15, 0.2) is 46.5 Å². The van der Waals surface area contributed by atoms with E-state index in [-0.39, 0.29) is 40.6 Å². The first-order valence-corrected chi connectivity index (χ1v) is 25.0. The van der Waals surface area contributed by atoms with E-state index in [0.717, 1.165) is 38.3 Å². The highest BCUT2D eigenvalue weighted by Gasteiger charge is 2.50. The first-order chi connectivity index (χ1) is 29.2. The second-order valence-corrected chi connectivity index (χ2v) is 19.3. The average Bonchev–Trinajstić information content (AvgIpc) is 3.96. The number of unbranched alkanes of at least 4 members (excludes halogenated alkanes) is 10. The smallest absolute Gasteiger partial charge is 0.437 e. The number of H-pyrrole nitrogens is 2. The van der Waals surface area contributed by atoms with E-state index in [1.54, 1.807) is 0 Å². The number of carbonyl (C=O) groups excluding carboxylic acids is 1. The van der Waals surface area contributed by atoms with E-state index in [2.05, 4.69) is 61.3 Å². The van der Waals surface area contributed by atoms with Crippen LogP contribution >= 0.6 is 38.5 Å². The van der Waals surface area contributed by atoms with Gasteiger partial charge in [-0.2, -0.15) is 9.97 Å². The van der Waals surface area contributed by atoms with Crippen LogP contribution in [0.4, 0.5) is 11.9 Å². The molecule has 8 N–H and O–H groups in total. The molecule has 4 aromatic heterocycles. The summed E-state index contributed by atoms with van der Waals surface area (Å²) in [7, 11) is -2.83. The van der Waals surface area contributed by atoms with Gasteiger partial charge in [0.2, 0.25) is 25.4 Å². The van der Waals surface area contributed by atoms with Crippen molar-refractivity contribution >= 4 is 78.7 Å². The van der Waals surface area contributed by atoms with E-state index < -0.39 is 86.5 Å². The Hall–Kier alpha value is -3.93. The fourth-order valence-corrected chi connectivity index (χ4v) is 8.95. The molecule has 6 heterocycles. The van der Waals surface area contributed by atoms with Crippen molar-refractivity contribution in [3.63, 3.8) is 0 Å². The molecule has 27 heteroatoms. The highest BCUT2D eigenvalue weighted by atomic mass is 32.7. The van der Waals surface area contributed by atoms with Gasteiger partial charge in [0, 0.05) is 6.42 Å². The third kappa shape index (κ3) is 11.6. The molecule has 0 aromatic carbocycles. The van der Waals surface area contributed by atoms with Gasteiger partial charge in [-0.1, -0.05) is 83.4 Å².